The number of unbranched alkanes of at least 4 members (excludes halogenated alkanes) is 4. The summed E-state index contributed by atoms with van der Waals surface area (Å²) >= 11 is 0. The first-order chi connectivity index (χ1) is 13.3. The van der Waals surface area contributed by atoms with Crippen molar-refractivity contribution in [3.8, 4) is 0 Å². The van der Waals surface area contributed by atoms with Gasteiger partial charge < -0.3 is 19.7 Å². The molecule has 0 saturated heterocycles. The van der Waals surface area contributed by atoms with Crippen molar-refractivity contribution in [3.63, 3.8) is 0 Å². The number of rotatable bonds is 11. The summed E-state index contributed by atoms with van der Waals surface area (Å²) in [6.45, 7) is 0. The number of ketones is 2. The van der Waals surface area contributed by atoms with Gasteiger partial charge in [-0.1, -0.05) is 25.7 Å². The summed E-state index contributed by atoms with van der Waals surface area (Å²) in [5, 5.41) is 18.5. The Balaban J connectivity index is 2.02. The van der Waals surface area contributed by atoms with Gasteiger partial charge in [-0.3, -0.25) is 19.2 Å². The van der Waals surface area contributed by atoms with Crippen molar-refractivity contribution in [2.45, 2.75) is 57.8 Å². The highest BCUT2D eigenvalue weighted by Crippen LogP contribution is 2.49. The molecule has 2 rings (SSSR count). The minimum absolute atomic E-state index is 0.00507. The fourth-order valence-electron chi connectivity index (χ4n) is 3.94. The highest BCUT2D eigenvalue weighted by Gasteiger charge is 2.51. The Morgan fingerprint density at radius 1 is 0.857 bits per heavy atom. The number of ether oxygens (including phenoxy) is 2. The van der Waals surface area contributed by atoms with E-state index in [1.165, 1.54) is 14.2 Å². The topological polar surface area (TPSA) is 127 Å². The van der Waals surface area contributed by atoms with Gasteiger partial charge in [0.15, 0.2) is 0 Å². The van der Waals surface area contributed by atoms with Gasteiger partial charge in [0.2, 0.25) is 23.1 Å². The molecule has 0 aliphatic heterocycles. The van der Waals surface area contributed by atoms with Crippen LogP contribution in [-0.2, 0) is 28.7 Å². The van der Waals surface area contributed by atoms with Crippen LogP contribution in [0, 0.1) is 5.41 Å². The van der Waals surface area contributed by atoms with Crippen LogP contribution in [0.1, 0.15) is 57.8 Å². The molecule has 0 saturated carbocycles. The van der Waals surface area contributed by atoms with Crippen LogP contribution in [0.3, 0.4) is 0 Å². The zero-order valence-corrected chi connectivity index (χ0v) is 16.2. The number of carboxylic acid groups (broad SMARTS) is 2. The van der Waals surface area contributed by atoms with Gasteiger partial charge in [0.1, 0.15) is 0 Å². The summed E-state index contributed by atoms with van der Waals surface area (Å²) in [6, 6.07) is 0. The van der Waals surface area contributed by atoms with Gasteiger partial charge in [0.25, 0.3) is 0 Å². The monoisotopic (exact) mass is 394 g/mol. The van der Waals surface area contributed by atoms with Crippen LogP contribution in [0.2, 0.25) is 0 Å². The third-order valence-electron chi connectivity index (χ3n) is 5.47. The third kappa shape index (κ3) is 4.26. The third-order valence-corrected chi connectivity index (χ3v) is 5.47. The van der Waals surface area contributed by atoms with Gasteiger partial charge >= 0.3 is 11.9 Å². The van der Waals surface area contributed by atoms with Crippen LogP contribution in [0.4, 0.5) is 0 Å². The minimum atomic E-state index is -1.18. The van der Waals surface area contributed by atoms with Crippen molar-refractivity contribution in [2.75, 3.05) is 14.2 Å². The first-order valence-corrected chi connectivity index (χ1v) is 9.36. The van der Waals surface area contributed by atoms with Gasteiger partial charge in [0, 0.05) is 17.6 Å². The molecule has 0 aromatic heterocycles. The van der Waals surface area contributed by atoms with E-state index in [1.54, 1.807) is 0 Å². The van der Waals surface area contributed by atoms with Crippen LogP contribution in [0.15, 0.2) is 22.7 Å². The Kier molecular flexibility index (Phi) is 6.99. The molecular weight excluding hydrogens is 368 g/mol. The maximum Gasteiger partial charge on any atom is 0.310 e. The van der Waals surface area contributed by atoms with Crippen LogP contribution < -0.4 is 0 Å². The zero-order chi connectivity index (χ0) is 20.9. The molecule has 2 aliphatic carbocycles. The molecule has 28 heavy (non-hydrogen) atoms. The number of Topliss-reactive ketones (excluding diaryl/α,β-unsaturated/α-hetero) is 2. The molecule has 0 heterocycles. The normalized spacial score (nSPS) is 18.4. The lowest BCUT2D eigenvalue weighted by molar-refractivity contribution is -0.149. The number of aliphatic carboxylic acids is 2. The summed E-state index contributed by atoms with van der Waals surface area (Å²) in [7, 11) is 2.55. The largest absolute Gasteiger partial charge is 0.489 e. The van der Waals surface area contributed by atoms with E-state index in [4.69, 9.17) is 14.6 Å². The molecule has 0 atom stereocenters. The van der Waals surface area contributed by atoms with Crippen LogP contribution >= 0.6 is 0 Å². The fourth-order valence-corrected chi connectivity index (χ4v) is 3.94. The standard InChI is InChI=1S/C20H26O8/c1-27-17-15(23)12-10-20(19(25)26,11-13(12)16(24)18(17)28-2)9-7-5-3-4-6-8-14(21)22/h3-11H2,1-2H3,(H,21,22)(H,25,26). The van der Waals surface area contributed by atoms with E-state index in [0.29, 0.717) is 19.3 Å². The molecular formula is C20H26O8. The summed E-state index contributed by atoms with van der Waals surface area (Å²) < 4.78 is 10.1. The molecule has 8 heteroatoms. The summed E-state index contributed by atoms with van der Waals surface area (Å²) in [6.07, 6.45) is 4.08. The minimum Gasteiger partial charge on any atom is -0.489 e. The summed E-state index contributed by atoms with van der Waals surface area (Å²) in [5.41, 5.74) is -0.753. The molecule has 0 aromatic carbocycles. The van der Waals surface area contributed by atoms with Crippen molar-refractivity contribution in [1.82, 2.24) is 0 Å². The van der Waals surface area contributed by atoms with Crippen molar-refractivity contribution in [2.24, 2.45) is 5.41 Å². The Bertz CT molecular complexity index is 705. The number of methoxy groups -OCH3 is 2. The molecule has 154 valence electrons. The summed E-state index contributed by atoms with van der Waals surface area (Å²) in [4.78, 5) is 47.8. The Labute approximate surface area is 163 Å². The molecule has 0 fully saturated rings. The molecule has 0 unspecified atom stereocenters. The van der Waals surface area contributed by atoms with Crippen LogP contribution in [-0.4, -0.2) is 47.9 Å². The van der Waals surface area contributed by atoms with E-state index >= 15 is 0 Å². The molecule has 0 aromatic rings. The number of hydrogen-bond acceptors (Lipinski definition) is 6. The molecule has 0 bridgehead atoms. The van der Waals surface area contributed by atoms with E-state index in [9.17, 15) is 24.3 Å². The predicted molar refractivity (Wildman–Crippen MR) is 97.3 cm³/mol. The second kappa shape index (κ2) is 9.03. The van der Waals surface area contributed by atoms with E-state index in [-0.39, 0.29) is 41.9 Å². The number of carbonyl (C=O) groups is 4. The molecule has 8 nitrogen and oxygen atoms in total. The number of carboxylic acids is 2. The molecule has 0 spiro atoms. The lowest BCUT2D eigenvalue weighted by atomic mass is 9.78. The number of allylic oxidation sites excluding steroid dienone is 2. The second-order valence-electron chi connectivity index (χ2n) is 7.28. The Morgan fingerprint density at radius 3 is 1.75 bits per heavy atom. The smallest absolute Gasteiger partial charge is 0.310 e. The SMILES string of the molecule is COC1=C(OC)C(=O)C2=C(CC(CCCCCCCC(=O)O)(C(=O)O)C2)C1=O. The lowest BCUT2D eigenvalue weighted by Gasteiger charge is -2.24. The maximum absolute atomic E-state index is 12.7. The predicted octanol–water partition coefficient (Wildman–Crippen LogP) is 2.62. The van der Waals surface area contributed by atoms with Gasteiger partial charge in [-0.2, -0.15) is 0 Å². The second-order valence-corrected chi connectivity index (χ2v) is 7.28. The van der Waals surface area contributed by atoms with Gasteiger partial charge in [0.05, 0.1) is 19.6 Å². The number of hydrogen-bond donors (Lipinski definition) is 2. The van der Waals surface area contributed by atoms with E-state index in [0.717, 1.165) is 19.3 Å². The molecule has 2 N–H and O–H groups in total. The van der Waals surface area contributed by atoms with Gasteiger partial charge in [-0.25, -0.2) is 0 Å². The van der Waals surface area contributed by atoms with Crippen LogP contribution in [0.25, 0.3) is 0 Å². The molecule has 0 amide bonds. The average Bonchev–Trinajstić information content (AvgIpc) is 3.05. The average molecular weight is 394 g/mol. The van der Waals surface area contributed by atoms with Gasteiger partial charge in [-0.15, -0.1) is 0 Å². The quantitative estimate of drug-likeness (QED) is 0.404. The Morgan fingerprint density at radius 2 is 1.32 bits per heavy atom. The van der Waals surface area contributed by atoms with E-state index in [1.807, 2.05) is 0 Å². The number of carbonyl (C=O) groups excluding carboxylic acids is 2. The highest BCUT2D eigenvalue weighted by molar-refractivity contribution is 6.24. The zero-order valence-electron chi connectivity index (χ0n) is 16.2. The Hall–Kier alpha value is -2.64. The maximum atomic E-state index is 12.7. The van der Waals surface area contributed by atoms with E-state index < -0.39 is 28.9 Å². The van der Waals surface area contributed by atoms with Gasteiger partial charge in [-0.05, 0) is 25.7 Å². The van der Waals surface area contributed by atoms with Crippen molar-refractivity contribution < 1.29 is 38.9 Å². The summed E-state index contributed by atoms with van der Waals surface area (Å²) in [5.74, 6) is -3.15. The fraction of sp³-hybridized carbons (Fsp3) is 0.600. The van der Waals surface area contributed by atoms with Crippen molar-refractivity contribution >= 4 is 23.5 Å². The highest BCUT2D eigenvalue weighted by atomic mass is 16.5. The first kappa shape index (κ1) is 21.7. The van der Waals surface area contributed by atoms with Crippen LogP contribution in [0.5, 0.6) is 0 Å². The first-order valence-electron chi connectivity index (χ1n) is 9.36. The van der Waals surface area contributed by atoms with E-state index in [2.05, 4.69) is 0 Å². The van der Waals surface area contributed by atoms with Crippen molar-refractivity contribution in [1.29, 1.82) is 0 Å². The van der Waals surface area contributed by atoms with Crippen molar-refractivity contribution in [3.05, 3.63) is 22.7 Å². The molecule has 0 radical (unpaired) electrons. The molecule has 2 aliphatic rings. The lowest BCUT2D eigenvalue weighted by Crippen LogP contribution is -2.29.